The van der Waals surface area contributed by atoms with Gasteiger partial charge >= 0.3 is 0 Å². The van der Waals surface area contributed by atoms with E-state index in [1.165, 1.54) is 17.5 Å². The Morgan fingerprint density at radius 3 is 2.66 bits per heavy atom. The molecule has 2 heterocycles. The molecular formula is C24H20FN3S. The van der Waals surface area contributed by atoms with E-state index in [2.05, 4.69) is 57.6 Å². The zero-order chi connectivity index (χ0) is 19.8. The van der Waals surface area contributed by atoms with Gasteiger partial charge in [-0.25, -0.2) is 4.39 Å². The number of rotatable bonds is 3. The SMILES string of the molecule is C=C1CCNc2c(cccc2-c2cc3ccccc3n2Sc2ccc(F)cc2)N1. The molecule has 3 aromatic carbocycles. The third kappa shape index (κ3) is 3.38. The normalized spacial score (nSPS) is 13.5. The summed E-state index contributed by atoms with van der Waals surface area (Å²) in [6.07, 6.45) is 0.876. The van der Waals surface area contributed by atoms with Gasteiger partial charge < -0.3 is 10.6 Å². The summed E-state index contributed by atoms with van der Waals surface area (Å²) in [6, 6.07) is 23.4. The third-order valence-corrected chi connectivity index (χ3v) is 6.12. The highest BCUT2D eigenvalue weighted by molar-refractivity contribution is 7.98. The van der Waals surface area contributed by atoms with E-state index in [9.17, 15) is 4.39 Å². The number of fused-ring (bicyclic) bond motifs is 2. The number of para-hydroxylation sites is 2. The summed E-state index contributed by atoms with van der Waals surface area (Å²) in [5.41, 5.74) is 6.47. The summed E-state index contributed by atoms with van der Waals surface area (Å²) in [5, 5.41) is 8.16. The van der Waals surface area contributed by atoms with Crippen LogP contribution in [0.4, 0.5) is 15.8 Å². The molecule has 3 nitrogen and oxygen atoms in total. The second kappa shape index (κ2) is 7.33. The first-order valence-electron chi connectivity index (χ1n) is 9.55. The van der Waals surface area contributed by atoms with Gasteiger partial charge in [0, 0.05) is 34.5 Å². The number of anilines is 2. The Labute approximate surface area is 173 Å². The van der Waals surface area contributed by atoms with E-state index < -0.39 is 0 Å². The molecule has 5 heteroatoms. The number of hydrogen-bond acceptors (Lipinski definition) is 3. The van der Waals surface area contributed by atoms with Crippen LogP contribution in [0.25, 0.3) is 22.2 Å². The fourth-order valence-corrected chi connectivity index (χ4v) is 4.65. The van der Waals surface area contributed by atoms with Crippen LogP contribution in [-0.4, -0.2) is 10.5 Å². The molecule has 0 saturated carbocycles. The van der Waals surface area contributed by atoms with E-state index >= 15 is 0 Å². The van der Waals surface area contributed by atoms with E-state index in [4.69, 9.17) is 0 Å². The van der Waals surface area contributed by atoms with Gasteiger partial charge in [0.2, 0.25) is 0 Å². The van der Waals surface area contributed by atoms with Gasteiger partial charge in [-0.05, 0) is 54.4 Å². The molecule has 29 heavy (non-hydrogen) atoms. The Balaban J connectivity index is 1.69. The highest BCUT2D eigenvalue weighted by atomic mass is 32.2. The van der Waals surface area contributed by atoms with Crippen molar-refractivity contribution in [2.24, 2.45) is 0 Å². The number of aromatic nitrogens is 1. The monoisotopic (exact) mass is 401 g/mol. The van der Waals surface area contributed by atoms with Gasteiger partial charge in [0.15, 0.2) is 0 Å². The number of nitrogens with one attached hydrogen (secondary N) is 2. The van der Waals surface area contributed by atoms with Gasteiger partial charge in [-0.2, -0.15) is 0 Å². The Kier molecular flexibility index (Phi) is 4.52. The number of hydrogen-bond donors (Lipinski definition) is 2. The first-order valence-corrected chi connectivity index (χ1v) is 10.3. The topological polar surface area (TPSA) is 29.0 Å². The quantitative estimate of drug-likeness (QED) is 0.398. The lowest BCUT2D eigenvalue weighted by molar-refractivity contribution is 0.626. The second-order valence-electron chi connectivity index (χ2n) is 7.06. The van der Waals surface area contributed by atoms with Crippen LogP contribution in [0, 0.1) is 5.82 Å². The molecule has 4 aromatic rings. The lowest BCUT2D eigenvalue weighted by atomic mass is 10.1. The zero-order valence-electron chi connectivity index (χ0n) is 15.8. The van der Waals surface area contributed by atoms with Crippen LogP contribution in [0.15, 0.2) is 90.0 Å². The van der Waals surface area contributed by atoms with Crippen molar-refractivity contribution < 1.29 is 4.39 Å². The number of nitrogens with zero attached hydrogens (tertiary/aromatic N) is 1. The van der Waals surface area contributed by atoms with Crippen molar-refractivity contribution in [2.75, 3.05) is 17.2 Å². The molecule has 0 aliphatic carbocycles. The average Bonchev–Trinajstić information content (AvgIpc) is 2.96. The van der Waals surface area contributed by atoms with Crippen LogP contribution in [0.2, 0.25) is 0 Å². The summed E-state index contributed by atoms with van der Waals surface area (Å²) >= 11 is 1.59. The number of halogens is 1. The fourth-order valence-electron chi connectivity index (χ4n) is 3.67. The van der Waals surface area contributed by atoms with Crippen LogP contribution < -0.4 is 10.6 Å². The van der Waals surface area contributed by atoms with Gasteiger partial charge in [0.05, 0.1) is 22.6 Å². The fraction of sp³-hybridized carbons (Fsp3) is 0.0833. The average molecular weight is 402 g/mol. The third-order valence-electron chi connectivity index (χ3n) is 5.06. The zero-order valence-corrected chi connectivity index (χ0v) is 16.6. The summed E-state index contributed by atoms with van der Waals surface area (Å²) in [4.78, 5) is 0.982. The van der Waals surface area contributed by atoms with Crippen molar-refractivity contribution in [1.29, 1.82) is 0 Å². The highest BCUT2D eigenvalue weighted by Gasteiger charge is 2.19. The van der Waals surface area contributed by atoms with Crippen LogP contribution in [-0.2, 0) is 0 Å². The summed E-state index contributed by atoms with van der Waals surface area (Å²) < 4.78 is 15.6. The van der Waals surface area contributed by atoms with E-state index in [1.807, 2.05) is 24.3 Å². The Morgan fingerprint density at radius 1 is 0.966 bits per heavy atom. The Hall–Kier alpha value is -3.18. The van der Waals surface area contributed by atoms with E-state index in [-0.39, 0.29) is 5.82 Å². The van der Waals surface area contributed by atoms with Crippen molar-refractivity contribution >= 4 is 34.2 Å². The summed E-state index contributed by atoms with van der Waals surface area (Å²) in [6.45, 7) is 4.93. The van der Waals surface area contributed by atoms with E-state index in [0.717, 1.165) is 51.7 Å². The van der Waals surface area contributed by atoms with E-state index in [1.54, 1.807) is 11.9 Å². The maximum absolute atomic E-state index is 13.4. The van der Waals surface area contributed by atoms with Crippen LogP contribution in [0.1, 0.15) is 6.42 Å². The van der Waals surface area contributed by atoms with Crippen LogP contribution in [0.5, 0.6) is 0 Å². The lowest BCUT2D eigenvalue weighted by Crippen LogP contribution is -2.01. The standard InChI is InChI=1S/C24H20FN3S/c1-16-13-14-26-24-20(6-4-7-21(24)27-16)23-15-17-5-2-3-8-22(17)28(23)29-19-11-9-18(25)10-12-19/h2-12,15,26-27H,1,13-14H2. The molecule has 0 amide bonds. The Bertz CT molecular complexity index is 1210. The molecule has 1 aromatic heterocycles. The van der Waals surface area contributed by atoms with E-state index in [0.29, 0.717) is 0 Å². The van der Waals surface area contributed by atoms with Gasteiger partial charge in [0.25, 0.3) is 0 Å². The van der Waals surface area contributed by atoms with Crippen LogP contribution in [0.3, 0.4) is 0 Å². The maximum Gasteiger partial charge on any atom is 0.123 e. The molecule has 0 fully saturated rings. The van der Waals surface area contributed by atoms with Crippen molar-refractivity contribution in [3.8, 4) is 11.3 Å². The predicted molar refractivity (Wildman–Crippen MR) is 121 cm³/mol. The minimum absolute atomic E-state index is 0.226. The van der Waals surface area contributed by atoms with Crippen molar-refractivity contribution in [3.05, 3.63) is 90.9 Å². The predicted octanol–water partition coefficient (Wildman–Crippen LogP) is 6.74. The molecule has 0 saturated heterocycles. The molecule has 0 bridgehead atoms. The molecule has 0 atom stereocenters. The van der Waals surface area contributed by atoms with Gasteiger partial charge in [-0.15, -0.1) is 0 Å². The molecule has 0 unspecified atom stereocenters. The molecule has 1 aliphatic heterocycles. The minimum atomic E-state index is -0.226. The molecular weight excluding hydrogens is 381 g/mol. The minimum Gasteiger partial charge on any atom is -0.382 e. The van der Waals surface area contributed by atoms with Crippen LogP contribution >= 0.6 is 11.9 Å². The smallest absolute Gasteiger partial charge is 0.123 e. The van der Waals surface area contributed by atoms with Crippen molar-refractivity contribution in [1.82, 2.24) is 3.97 Å². The lowest BCUT2D eigenvalue weighted by Gasteiger charge is -2.16. The highest BCUT2D eigenvalue weighted by Crippen LogP contribution is 2.41. The van der Waals surface area contributed by atoms with Gasteiger partial charge in [-0.3, -0.25) is 3.97 Å². The first-order chi connectivity index (χ1) is 14.2. The summed E-state index contributed by atoms with van der Waals surface area (Å²) in [5.74, 6) is -0.226. The molecule has 2 N–H and O–H groups in total. The van der Waals surface area contributed by atoms with Crippen molar-refractivity contribution in [2.45, 2.75) is 11.3 Å². The molecule has 144 valence electrons. The molecule has 1 aliphatic rings. The summed E-state index contributed by atoms with van der Waals surface area (Å²) in [7, 11) is 0. The van der Waals surface area contributed by atoms with Gasteiger partial charge in [-0.1, -0.05) is 36.9 Å². The van der Waals surface area contributed by atoms with Gasteiger partial charge in [0.1, 0.15) is 5.82 Å². The molecule has 0 spiro atoms. The largest absolute Gasteiger partial charge is 0.382 e. The number of benzene rings is 3. The van der Waals surface area contributed by atoms with Crippen molar-refractivity contribution in [3.63, 3.8) is 0 Å². The maximum atomic E-state index is 13.4. The molecule has 5 rings (SSSR count). The second-order valence-corrected chi connectivity index (χ2v) is 8.08. The molecule has 0 radical (unpaired) electrons. The Morgan fingerprint density at radius 2 is 1.79 bits per heavy atom. The first kappa shape index (κ1) is 17.9.